The number of nitrogens with zero attached hydrogens (tertiary/aromatic N) is 1. The number of sulfone groups is 1. The van der Waals surface area contributed by atoms with E-state index >= 15 is 0 Å². The largest absolute Gasteiger partial charge is 0.384 e. The lowest BCUT2D eigenvalue weighted by Gasteiger charge is -2.26. The summed E-state index contributed by atoms with van der Waals surface area (Å²) in [5, 5.41) is 10.4. The number of hydrogen-bond donors (Lipinski definition) is 1. The lowest BCUT2D eigenvalue weighted by molar-refractivity contribution is 0.0184. The van der Waals surface area contributed by atoms with E-state index < -0.39 is 21.3 Å². The van der Waals surface area contributed by atoms with Gasteiger partial charge in [-0.05, 0) is 31.4 Å². The standard InChI is InChI=1S/C12H18FNO3S/c1-3-12(15,7-4-8-18(2,16)17)11-6-5-10(13)9-14-11/h5-6,9,15H,3-4,7-8H2,1-2H3. The molecule has 0 aromatic carbocycles. The van der Waals surface area contributed by atoms with Crippen LogP contribution >= 0.6 is 0 Å². The van der Waals surface area contributed by atoms with Crippen LogP contribution < -0.4 is 0 Å². The highest BCUT2D eigenvalue weighted by Gasteiger charge is 2.28. The third-order valence-corrected chi connectivity index (χ3v) is 3.92. The first-order chi connectivity index (χ1) is 8.27. The molecular formula is C12H18FNO3S. The molecule has 0 fully saturated rings. The number of pyridine rings is 1. The van der Waals surface area contributed by atoms with E-state index in [0.29, 0.717) is 18.5 Å². The minimum absolute atomic E-state index is 0.0243. The molecule has 0 bridgehead atoms. The molecule has 4 nitrogen and oxygen atoms in total. The van der Waals surface area contributed by atoms with Gasteiger partial charge >= 0.3 is 0 Å². The van der Waals surface area contributed by atoms with Gasteiger partial charge in [0.05, 0.1) is 11.9 Å². The van der Waals surface area contributed by atoms with Crippen LogP contribution in [0.5, 0.6) is 0 Å². The molecule has 1 aromatic rings. The van der Waals surface area contributed by atoms with Crippen LogP contribution in [0.15, 0.2) is 18.3 Å². The van der Waals surface area contributed by atoms with Crippen LogP contribution in [-0.4, -0.2) is 30.5 Å². The first-order valence-corrected chi connectivity index (χ1v) is 7.85. The molecule has 0 saturated carbocycles. The van der Waals surface area contributed by atoms with Gasteiger partial charge in [-0.3, -0.25) is 4.98 Å². The topological polar surface area (TPSA) is 67.3 Å². The van der Waals surface area contributed by atoms with Crippen LogP contribution in [0, 0.1) is 5.82 Å². The molecule has 0 radical (unpaired) electrons. The van der Waals surface area contributed by atoms with Gasteiger partial charge in [0, 0.05) is 12.0 Å². The Morgan fingerprint density at radius 2 is 2.11 bits per heavy atom. The zero-order chi connectivity index (χ0) is 13.8. The van der Waals surface area contributed by atoms with Gasteiger partial charge in [-0.15, -0.1) is 0 Å². The van der Waals surface area contributed by atoms with Crippen molar-refractivity contribution in [3.63, 3.8) is 0 Å². The Morgan fingerprint density at radius 3 is 2.56 bits per heavy atom. The molecule has 1 atom stereocenters. The molecule has 1 aromatic heterocycles. The van der Waals surface area contributed by atoms with E-state index in [1.165, 1.54) is 12.1 Å². The van der Waals surface area contributed by atoms with Gasteiger partial charge in [0.2, 0.25) is 0 Å². The van der Waals surface area contributed by atoms with E-state index in [4.69, 9.17) is 0 Å². The van der Waals surface area contributed by atoms with Crippen molar-refractivity contribution in [2.24, 2.45) is 0 Å². The molecule has 6 heteroatoms. The van der Waals surface area contributed by atoms with Gasteiger partial charge in [-0.25, -0.2) is 12.8 Å². The minimum Gasteiger partial charge on any atom is -0.384 e. The van der Waals surface area contributed by atoms with Crippen LogP contribution in [-0.2, 0) is 15.4 Å². The third kappa shape index (κ3) is 4.34. The Morgan fingerprint density at radius 1 is 1.44 bits per heavy atom. The fraction of sp³-hybridized carbons (Fsp3) is 0.583. The predicted octanol–water partition coefficient (Wildman–Crippen LogP) is 1.64. The lowest BCUT2D eigenvalue weighted by Crippen LogP contribution is -2.27. The average Bonchev–Trinajstić information content (AvgIpc) is 2.28. The van der Waals surface area contributed by atoms with Crippen molar-refractivity contribution in [2.45, 2.75) is 31.8 Å². The van der Waals surface area contributed by atoms with Crippen LogP contribution in [0.1, 0.15) is 31.9 Å². The summed E-state index contributed by atoms with van der Waals surface area (Å²) in [4.78, 5) is 3.86. The molecule has 102 valence electrons. The van der Waals surface area contributed by atoms with E-state index in [-0.39, 0.29) is 12.2 Å². The molecule has 0 aliphatic carbocycles. The molecule has 1 rings (SSSR count). The van der Waals surface area contributed by atoms with E-state index in [1.54, 1.807) is 6.92 Å². The summed E-state index contributed by atoms with van der Waals surface area (Å²) in [5.74, 6) is -0.440. The van der Waals surface area contributed by atoms with Gasteiger partial charge < -0.3 is 5.11 Å². The van der Waals surface area contributed by atoms with Crippen molar-refractivity contribution in [3.8, 4) is 0 Å². The second-order valence-electron chi connectivity index (χ2n) is 4.48. The highest BCUT2D eigenvalue weighted by Crippen LogP contribution is 2.28. The summed E-state index contributed by atoms with van der Waals surface area (Å²) in [5.41, 5.74) is -0.821. The fourth-order valence-corrected chi connectivity index (χ4v) is 2.43. The molecule has 1 heterocycles. The quantitative estimate of drug-likeness (QED) is 0.857. The van der Waals surface area contributed by atoms with Crippen molar-refractivity contribution in [1.29, 1.82) is 0 Å². The van der Waals surface area contributed by atoms with E-state index in [9.17, 15) is 17.9 Å². The van der Waals surface area contributed by atoms with Crippen LogP contribution in [0.3, 0.4) is 0 Å². The van der Waals surface area contributed by atoms with Crippen LogP contribution in [0.25, 0.3) is 0 Å². The molecule has 0 amide bonds. The molecule has 18 heavy (non-hydrogen) atoms. The predicted molar refractivity (Wildman–Crippen MR) is 67.3 cm³/mol. The second kappa shape index (κ2) is 5.75. The second-order valence-corrected chi connectivity index (χ2v) is 6.74. The lowest BCUT2D eigenvalue weighted by atomic mass is 9.91. The third-order valence-electron chi connectivity index (χ3n) is 2.89. The van der Waals surface area contributed by atoms with Gasteiger partial charge in [0.15, 0.2) is 0 Å². The van der Waals surface area contributed by atoms with E-state index in [1.807, 2.05) is 0 Å². The molecule has 0 saturated heterocycles. The van der Waals surface area contributed by atoms with Gasteiger partial charge in [-0.1, -0.05) is 6.92 Å². The Bertz CT molecular complexity index is 487. The number of aliphatic hydroxyl groups is 1. The Kier molecular flexibility index (Phi) is 4.81. The summed E-state index contributed by atoms with van der Waals surface area (Å²) in [7, 11) is -3.04. The molecular weight excluding hydrogens is 257 g/mol. The number of rotatable bonds is 6. The normalized spacial score (nSPS) is 15.3. The molecule has 0 spiro atoms. The van der Waals surface area contributed by atoms with E-state index in [2.05, 4.69) is 4.98 Å². The minimum atomic E-state index is -3.04. The smallest absolute Gasteiger partial charge is 0.147 e. The molecule has 0 aliphatic heterocycles. The van der Waals surface area contributed by atoms with Crippen molar-refractivity contribution in [3.05, 3.63) is 29.8 Å². The van der Waals surface area contributed by atoms with Gasteiger partial charge in [-0.2, -0.15) is 0 Å². The molecule has 0 aliphatic rings. The summed E-state index contributed by atoms with van der Waals surface area (Å²) < 4.78 is 34.8. The van der Waals surface area contributed by atoms with Crippen molar-refractivity contribution in [1.82, 2.24) is 4.98 Å². The highest BCUT2D eigenvalue weighted by molar-refractivity contribution is 7.90. The SMILES string of the molecule is CCC(O)(CCCS(C)(=O)=O)c1ccc(F)cn1. The number of halogens is 1. The maximum absolute atomic E-state index is 12.8. The van der Waals surface area contributed by atoms with Crippen molar-refractivity contribution < 1.29 is 17.9 Å². The first kappa shape index (κ1) is 15.0. The zero-order valence-corrected chi connectivity index (χ0v) is 11.4. The summed E-state index contributed by atoms with van der Waals surface area (Å²) in [6.45, 7) is 1.78. The Hall–Kier alpha value is -1.01. The van der Waals surface area contributed by atoms with Crippen LogP contribution in [0.4, 0.5) is 4.39 Å². The zero-order valence-electron chi connectivity index (χ0n) is 10.6. The summed E-state index contributed by atoms with van der Waals surface area (Å²) >= 11 is 0. The maximum atomic E-state index is 12.8. The monoisotopic (exact) mass is 275 g/mol. The molecule has 1 N–H and O–H groups in total. The Labute approximate surface area is 107 Å². The van der Waals surface area contributed by atoms with Gasteiger partial charge in [0.25, 0.3) is 0 Å². The van der Waals surface area contributed by atoms with Crippen molar-refractivity contribution >= 4 is 9.84 Å². The van der Waals surface area contributed by atoms with E-state index in [0.717, 1.165) is 12.5 Å². The first-order valence-electron chi connectivity index (χ1n) is 5.79. The maximum Gasteiger partial charge on any atom is 0.147 e. The number of aromatic nitrogens is 1. The summed E-state index contributed by atoms with van der Waals surface area (Å²) in [6.07, 6.45) is 3.24. The highest BCUT2D eigenvalue weighted by atomic mass is 32.2. The Balaban J connectivity index is 2.76. The fourth-order valence-electron chi connectivity index (χ4n) is 1.76. The van der Waals surface area contributed by atoms with Crippen LogP contribution in [0.2, 0.25) is 0 Å². The number of hydrogen-bond acceptors (Lipinski definition) is 4. The summed E-state index contributed by atoms with van der Waals surface area (Å²) in [6, 6.07) is 2.67. The van der Waals surface area contributed by atoms with Gasteiger partial charge in [0.1, 0.15) is 21.3 Å². The molecule has 1 unspecified atom stereocenters. The average molecular weight is 275 g/mol. The van der Waals surface area contributed by atoms with Crippen molar-refractivity contribution in [2.75, 3.05) is 12.0 Å².